The zero-order valence-corrected chi connectivity index (χ0v) is 9.38. The van der Waals surface area contributed by atoms with Gasteiger partial charge in [-0.15, -0.1) is 0 Å². The van der Waals surface area contributed by atoms with E-state index in [0.29, 0.717) is 0 Å². The zero-order valence-electron chi connectivity index (χ0n) is 9.38. The number of hydrogen-bond donors (Lipinski definition) is 1. The van der Waals surface area contributed by atoms with Crippen LogP contribution in [0.25, 0.3) is 0 Å². The summed E-state index contributed by atoms with van der Waals surface area (Å²) in [6, 6.07) is 0. The molecule has 1 atom stereocenters. The van der Waals surface area contributed by atoms with Crippen molar-refractivity contribution in [3.8, 4) is 0 Å². The molecule has 1 N–H and O–H groups in total. The number of carbonyl (C=O) groups excluding carboxylic acids is 1. The molecule has 0 bridgehead atoms. The Morgan fingerprint density at radius 2 is 2.29 bits per heavy atom. The van der Waals surface area contributed by atoms with Crippen LogP contribution in [-0.2, 0) is 4.79 Å². The lowest BCUT2D eigenvalue weighted by molar-refractivity contribution is -0.126. The molecule has 1 unspecified atom stereocenters. The van der Waals surface area contributed by atoms with Crippen LogP contribution in [-0.4, -0.2) is 37.0 Å². The minimum atomic E-state index is 0.232. The number of rotatable bonds is 4. The fourth-order valence-corrected chi connectivity index (χ4v) is 2.11. The third-order valence-electron chi connectivity index (χ3n) is 2.77. The third kappa shape index (κ3) is 3.29. The highest BCUT2D eigenvalue weighted by Gasteiger charge is 2.24. The van der Waals surface area contributed by atoms with Gasteiger partial charge in [-0.05, 0) is 39.3 Å². The standard InChI is InChI=1S/C11H22N2O/c1-3-7-13-8-5-6-10(9-13)11(14)12-4-2/h10H,3-9H2,1-2H3,(H,12,14). The van der Waals surface area contributed by atoms with Crippen molar-refractivity contribution in [3.63, 3.8) is 0 Å². The van der Waals surface area contributed by atoms with Gasteiger partial charge < -0.3 is 10.2 Å². The Morgan fingerprint density at radius 1 is 1.50 bits per heavy atom. The number of nitrogens with zero attached hydrogens (tertiary/aromatic N) is 1. The van der Waals surface area contributed by atoms with Gasteiger partial charge in [-0.3, -0.25) is 4.79 Å². The maximum Gasteiger partial charge on any atom is 0.224 e. The molecule has 0 radical (unpaired) electrons. The van der Waals surface area contributed by atoms with Crippen molar-refractivity contribution in [1.29, 1.82) is 0 Å². The van der Waals surface area contributed by atoms with Crippen LogP contribution in [0.1, 0.15) is 33.1 Å². The summed E-state index contributed by atoms with van der Waals surface area (Å²) in [6.07, 6.45) is 3.41. The van der Waals surface area contributed by atoms with Crippen molar-refractivity contribution in [2.75, 3.05) is 26.2 Å². The molecule has 1 heterocycles. The Labute approximate surface area is 86.9 Å². The molecule has 0 aromatic carbocycles. The normalized spacial score (nSPS) is 23.4. The number of nitrogens with one attached hydrogen (secondary N) is 1. The SMILES string of the molecule is CCCN1CCCC(C(=O)NCC)C1. The van der Waals surface area contributed by atoms with Gasteiger partial charge in [-0.25, -0.2) is 0 Å². The minimum absolute atomic E-state index is 0.232. The summed E-state index contributed by atoms with van der Waals surface area (Å²) >= 11 is 0. The van der Waals surface area contributed by atoms with E-state index in [2.05, 4.69) is 17.1 Å². The van der Waals surface area contributed by atoms with Crippen LogP contribution in [0.15, 0.2) is 0 Å². The molecule has 1 aliphatic rings. The Balaban J connectivity index is 2.35. The average Bonchev–Trinajstić information content (AvgIpc) is 2.19. The van der Waals surface area contributed by atoms with Crippen LogP contribution >= 0.6 is 0 Å². The van der Waals surface area contributed by atoms with E-state index in [1.165, 1.54) is 19.4 Å². The largest absolute Gasteiger partial charge is 0.356 e. The Kier molecular flexibility index (Phi) is 4.94. The van der Waals surface area contributed by atoms with Gasteiger partial charge in [0.05, 0.1) is 5.92 Å². The topological polar surface area (TPSA) is 32.3 Å². The van der Waals surface area contributed by atoms with Gasteiger partial charge >= 0.3 is 0 Å². The first-order chi connectivity index (χ1) is 6.77. The van der Waals surface area contributed by atoms with E-state index in [9.17, 15) is 4.79 Å². The molecule has 0 aromatic heterocycles. The number of piperidine rings is 1. The van der Waals surface area contributed by atoms with E-state index in [-0.39, 0.29) is 11.8 Å². The molecule has 1 aliphatic heterocycles. The second-order valence-electron chi connectivity index (χ2n) is 4.03. The van der Waals surface area contributed by atoms with Gasteiger partial charge in [0.15, 0.2) is 0 Å². The van der Waals surface area contributed by atoms with Crippen LogP contribution in [0, 0.1) is 5.92 Å². The van der Waals surface area contributed by atoms with Crippen molar-refractivity contribution in [2.24, 2.45) is 5.92 Å². The van der Waals surface area contributed by atoms with E-state index in [1.54, 1.807) is 0 Å². The molecule has 0 aliphatic carbocycles. The predicted octanol–water partition coefficient (Wildman–Crippen LogP) is 1.24. The first-order valence-electron chi connectivity index (χ1n) is 5.78. The van der Waals surface area contributed by atoms with Crippen LogP contribution in [0.2, 0.25) is 0 Å². The van der Waals surface area contributed by atoms with E-state index >= 15 is 0 Å². The van der Waals surface area contributed by atoms with Crippen molar-refractivity contribution in [1.82, 2.24) is 10.2 Å². The lowest BCUT2D eigenvalue weighted by Crippen LogP contribution is -2.43. The summed E-state index contributed by atoms with van der Waals surface area (Å²) in [5.74, 6) is 0.476. The highest BCUT2D eigenvalue weighted by Crippen LogP contribution is 2.16. The smallest absolute Gasteiger partial charge is 0.224 e. The van der Waals surface area contributed by atoms with E-state index in [0.717, 1.165) is 26.1 Å². The average molecular weight is 198 g/mol. The molecule has 0 aromatic rings. The summed E-state index contributed by atoms with van der Waals surface area (Å²) in [4.78, 5) is 14.0. The van der Waals surface area contributed by atoms with Gasteiger partial charge in [0.1, 0.15) is 0 Å². The molecule has 3 heteroatoms. The first kappa shape index (κ1) is 11.5. The van der Waals surface area contributed by atoms with Gasteiger partial charge in [0, 0.05) is 13.1 Å². The van der Waals surface area contributed by atoms with E-state index in [4.69, 9.17) is 0 Å². The number of hydrogen-bond acceptors (Lipinski definition) is 2. The molecule has 3 nitrogen and oxygen atoms in total. The number of amides is 1. The number of carbonyl (C=O) groups is 1. The minimum Gasteiger partial charge on any atom is -0.356 e. The maximum atomic E-state index is 11.6. The summed E-state index contributed by atoms with van der Waals surface area (Å²) in [7, 11) is 0. The van der Waals surface area contributed by atoms with Crippen LogP contribution < -0.4 is 5.32 Å². The monoisotopic (exact) mass is 198 g/mol. The molecular formula is C11H22N2O. The summed E-state index contributed by atoms with van der Waals surface area (Å²) in [6.45, 7) is 8.18. The molecule has 0 spiro atoms. The lowest BCUT2D eigenvalue weighted by Gasteiger charge is -2.31. The maximum absolute atomic E-state index is 11.6. The molecule has 82 valence electrons. The van der Waals surface area contributed by atoms with E-state index in [1.807, 2.05) is 6.92 Å². The van der Waals surface area contributed by atoms with Gasteiger partial charge in [0.25, 0.3) is 0 Å². The molecule has 1 amide bonds. The number of likely N-dealkylation sites (tertiary alicyclic amines) is 1. The fraction of sp³-hybridized carbons (Fsp3) is 0.909. The fourth-order valence-electron chi connectivity index (χ4n) is 2.11. The van der Waals surface area contributed by atoms with Crippen molar-refractivity contribution in [3.05, 3.63) is 0 Å². The quantitative estimate of drug-likeness (QED) is 0.737. The highest BCUT2D eigenvalue weighted by atomic mass is 16.1. The van der Waals surface area contributed by atoms with Crippen molar-refractivity contribution >= 4 is 5.91 Å². The van der Waals surface area contributed by atoms with Gasteiger partial charge in [-0.2, -0.15) is 0 Å². The summed E-state index contributed by atoms with van der Waals surface area (Å²) in [5.41, 5.74) is 0. The Hall–Kier alpha value is -0.570. The Bertz CT molecular complexity index is 180. The molecule has 0 saturated carbocycles. The van der Waals surface area contributed by atoms with Crippen molar-refractivity contribution in [2.45, 2.75) is 33.1 Å². The van der Waals surface area contributed by atoms with E-state index < -0.39 is 0 Å². The first-order valence-corrected chi connectivity index (χ1v) is 5.78. The van der Waals surface area contributed by atoms with Gasteiger partial charge in [0.2, 0.25) is 5.91 Å². The molecule has 14 heavy (non-hydrogen) atoms. The van der Waals surface area contributed by atoms with Crippen LogP contribution in [0.4, 0.5) is 0 Å². The third-order valence-corrected chi connectivity index (χ3v) is 2.77. The zero-order chi connectivity index (χ0) is 10.4. The summed E-state index contributed by atoms with van der Waals surface area (Å²) < 4.78 is 0. The second-order valence-corrected chi connectivity index (χ2v) is 4.03. The molecule has 1 fully saturated rings. The van der Waals surface area contributed by atoms with Gasteiger partial charge in [-0.1, -0.05) is 6.92 Å². The van der Waals surface area contributed by atoms with Crippen LogP contribution in [0.5, 0.6) is 0 Å². The highest BCUT2D eigenvalue weighted by molar-refractivity contribution is 5.78. The Morgan fingerprint density at radius 3 is 2.93 bits per heavy atom. The summed E-state index contributed by atoms with van der Waals surface area (Å²) in [5, 5.41) is 2.91. The molecular weight excluding hydrogens is 176 g/mol. The van der Waals surface area contributed by atoms with Crippen molar-refractivity contribution < 1.29 is 4.79 Å². The second kappa shape index (κ2) is 6.02. The molecule has 1 rings (SSSR count). The lowest BCUT2D eigenvalue weighted by atomic mass is 9.97. The van der Waals surface area contributed by atoms with Crippen LogP contribution in [0.3, 0.4) is 0 Å². The molecule has 1 saturated heterocycles. The predicted molar refractivity (Wildman–Crippen MR) is 58.1 cm³/mol.